The van der Waals surface area contributed by atoms with E-state index in [-0.39, 0.29) is 11.8 Å². The normalized spacial score (nSPS) is 10.0. The largest absolute Gasteiger partial charge is 0.352 e. The van der Waals surface area contributed by atoms with Crippen molar-refractivity contribution in [2.24, 2.45) is 0 Å². The van der Waals surface area contributed by atoms with Gasteiger partial charge in [-0.25, -0.2) is 0 Å². The fourth-order valence-corrected chi connectivity index (χ4v) is 2.01. The van der Waals surface area contributed by atoms with Crippen molar-refractivity contribution in [3.05, 3.63) is 65.7 Å². The van der Waals surface area contributed by atoms with Crippen LogP contribution in [0.25, 0.3) is 0 Å². The van der Waals surface area contributed by atoms with Crippen LogP contribution in [-0.2, 0) is 0 Å². The smallest absolute Gasteiger partial charge is 0.255 e. The summed E-state index contributed by atoms with van der Waals surface area (Å²) < 4.78 is 0. The van der Waals surface area contributed by atoms with Gasteiger partial charge in [0.25, 0.3) is 11.8 Å². The summed E-state index contributed by atoms with van der Waals surface area (Å²) in [5.41, 5.74) is 1.69. The summed E-state index contributed by atoms with van der Waals surface area (Å²) in [5, 5.41) is 5.65. The summed E-state index contributed by atoms with van der Waals surface area (Å²) in [4.78, 5) is 24.2. The zero-order chi connectivity index (χ0) is 15.8. The Labute approximate surface area is 130 Å². The molecule has 2 aromatic rings. The number of hydrogen-bond donors (Lipinski definition) is 2. The summed E-state index contributed by atoms with van der Waals surface area (Å²) in [5.74, 6) is -0.378. The number of amides is 2. The third-order valence-electron chi connectivity index (χ3n) is 3.23. The minimum atomic E-state index is -0.227. The van der Waals surface area contributed by atoms with Gasteiger partial charge in [-0.05, 0) is 36.8 Å². The molecule has 0 saturated carbocycles. The first-order chi connectivity index (χ1) is 10.7. The molecular formula is C18H20N2O2. The number of unbranched alkanes of at least 4 members (excludes halogenated alkanes) is 1. The second-order valence-corrected chi connectivity index (χ2v) is 5.01. The summed E-state index contributed by atoms with van der Waals surface area (Å²) >= 11 is 0. The zero-order valence-electron chi connectivity index (χ0n) is 12.6. The molecule has 2 amide bonds. The second-order valence-electron chi connectivity index (χ2n) is 5.01. The van der Waals surface area contributed by atoms with E-state index in [4.69, 9.17) is 0 Å². The van der Waals surface area contributed by atoms with E-state index < -0.39 is 0 Å². The first-order valence-corrected chi connectivity index (χ1v) is 7.45. The van der Waals surface area contributed by atoms with Crippen molar-refractivity contribution < 1.29 is 9.59 Å². The highest BCUT2D eigenvalue weighted by molar-refractivity contribution is 6.06. The molecule has 4 heteroatoms. The van der Waals surface area contributed by atoms with Gasteiger partial charge < -0.3 is 10.6 Å². The Balaban J connectivity index is 2.04. The number of rotatable bonds is 6. The van der Waals surface area contributed by atoms with Crippen LogP contribution in [0.4, 0.5) is 5.69 Å². The molecule has 0 bridgehead atoms. The van der Waals surface area contributed by atoms with Crippen molar-refractivity contribution in [1.82, 2.24) is 5.32 Å². The Morgan fingerprint density at radius 2 is 1.59 bits per heavy atom. The van der Waals surface area contributed by atoms with Crippen molar-refractivity contribution in [2.45, 2.75) is 19.8 Å². The van der Waals surface area contributed by atoms with E-state index in [1.54, 1.807) is 24.3 Å². The van der Waals surface area contributed by atoms with Gasteiger partial charge in [0.15, 0.2) is 0 Å². The molecule has 2 N–H and O–H groups in total. The summed E-state index contributed by atoms with van der Waals surface area (Å²) in [6.45, 7) is 2.72. The van der Waals surface area contributed by atoms with Gasteiger partial charge in [-0.2, -0.15) is 0 Å². The molecule has 0 aliphatic rings. The lowest BCUT2D eigenvalue weighted by molar-refractivity contribution is 0.0953. The standard InChI is InChI=1S/C18H20N2O2/c1-2-3-12-19-17(21)14-8-7-9-15(13-14)18(22)20-16-10-5-4-6-11-16/h4-11,13H,2-3,12H2,1H3,(H,19,21)(H,20,22). The van der Waals surface area contributed by atoms with Crippen LogP contribution in [0.5, 0.6) is 0 Å². The van der Waals surface area contributed by atoms with E-state index in [0.29, 0.717) is 17.7 Å². The van der Waals surface area contributed by atoms with Gasteiger partial charge >= 0.3 is 0 Å². The molecule has 0 spiro atoms. The topological polar surface area (TPSA) is 58.2 Å². The molecule has 0 atom stereocenters. The van der Waals surface area contributed by atoms with Crippen LogP contribution in [0.3, 0.4) is 0 Å². The SMILES string of the molecule is CCCCNC(=O)c1cccc(C(=O)Nc2ccccc2)c1. The molecule has 4 nitrogen and oxygen atoms in total. The summed E-state index contributed by atoms with van der Waals surface area (Å²) in [6, 6.07) is 16.0. The number of benzene rings is 2. The van der Waals surface area contributed by atoms with Crippen LogP contribution in [0.1, 0.15) is 40.5 Å². The van der Waals surface area contributed by atoms with Crippen molar-refractivity contribution in [2.75, 3.05) is 11.9 Å². The fourth-order valence-electron chi connectivity index (χ4n) is 2.01. The van der Waals surface area contributed by atoms with E-state index >= 15 is 0 Å². The number of hydrogen-bond acceptors (Lipinski definition) is 2. The van der Waals surface area contributed by atoms with Crippen molar-refractivity contribution in [3.63, 3.8) is 0 Å². The number of carbonyl (C=O) groups is 2. The quantitative estimate of drug-likeness (QED) is 0.802. The van der Waals surface area contributed by atoms with Gasteiger partial charge in [0, 0.05) is 23.4 Å². The molecule has 22 heavy (non-hydrogen) atoms. The molecular weight excluding hydrogens is 276 g/mol. The van der Waals surface area contributed by atoms with Gasteiger partial charge in [-0.15, -0.1) is 0 Å². The maximum atomic E-state index is 12.2. The van der Waals surface area contributed by atoms with Crippen molar-refractivity contribution in [1.29, 1.82) is 0 Å². The molecule has 0 aliphatic carbocycles. The number of nitrogens with one attached hydrogen (secondary N) is 2. The van der Waals surface area contributed by atoms with Crippen LogP contribution < -0.4 is 10.6 Å². The third kappa shape index (κ3) is 4.45. The fraction of sp³-hybridized carbons (Fsp3) is 0.222. The third-order valence-corrected chi connectivity index (χ3v) is 3.23. The Kier molecular flexibility index (Phi) is 5.72. The monoisotopic (exact) mass is 296 g/mol. The Morgan fingerprint density at radius 3 is 2.27 bits per heavy atom. The van der Waals surface area contributed by atoms with Gasteiger partial charge in [0.1, 0.15) is 0 Å². The lowest BCUT2D eigenvalue weighted by Crippen LogP contribution is -2.24. The summed E-state index contributed by atoms with van der Waals surface area (Å²) in [7, 11) is 0. The Hall–Kier alpha value is -2.62. The zero-order valence-corrected chi connectivity index (χ0v) is 12.6. The predicted molar refractivity (Wildman–Crippen MR) is 88.1 cm³/mol. The van der Waals surface area contributed by atoms with Crippen molar-refractivity contribution in [3.8, 4) is 0 Å². The molecule has 2 aromatic carbocycles. The predicted octanol–water partition coefficient (Wildman–Crippen LogP) is 3.47. The van der Waals surface area contributed by atoms with E-state index in [9.17, 15) is 9.59 Å². The minimum Gasteiger partial charge on any atom is -0.352 e. The maximum Gasteiger partial charge on any atom is 0.255 e. The lowest BCUT2D eigenvalue weighted by atomic mass is 10.1. The van der Waals surface area contributed by atoms with Gasteiger partial charge in [0.05, 0.1) is 0 Å². The highest BCUT2D eigenvalue weighted by Crippen LogP contribution is 2.10. The number of para-hydroxylation sites is 1. The van der Waals surface area contributed by atoms with Crippen molar-refractivity contribution >= 4 is 17.5 Å². The Bertz CT molecular complexity index is 639. The first-order valence-electron chi connectivity index (χ1n) is 7.45. The average molecular weight is 296 g/mol. The molecule has 0 aromatic heterocycles. The number of carbonyl (C=O) groups excluding carboxylic acids is 2. The maximum absolute atomic E-state index is 12.2. The average Bonchev–Trinajstić information content (AvgIpc) is 2.56. The van der Waals surface area contributed by atoms with Gasteiger partial charge in [-0.3, -0.25) is 9.59 Å². The Morgan fingerprint density at radius 1 is 0.909 bits per heavy atom. The van der Waals surface area contributed by atoms with E-state index in [2.05, 4.69) is 17.6 Å². The first kappa shape index (κ1) is 15.8. The van der Waals surface area contributed by atoms with E-state index in [0.717, 1.165) is 18.5 Å². The molecule has 2 rings (SSSR count). The van der Waals surface area contributed by atoms with Gasteiger partial charge in [0.2, 0.25) is 0 Å². The molecule has 0 aliphatic heterocycles. The van der Waals surface area contributed by atoms with Crippen LogP contribution in [-0.4, -0.2) is 18.4 Å². The molecule has 0 unspecified atom stereocenters. The molecule has 0 radical (unpaired) electrons. The molecule has 0 fully saturated rings. The summed E-state index contributed by atoms with van der Waals surface area (Å²) in [6.07, 6.45) is 1.97. The van der Waals surface area contributed by atoms with Gasteiger partial charge in [-0.1, -0.05) is 37.6 Å². The highest BCUT2D eigenvalue weighted by Gasteiger charge is 2.10. The van der Waals surface area contributed by atoms with Crippen LogP contribution >= 0.6 is 0 Å². The molecule has 0 heterocycles. The molecule has 0 saturated heterocycles. The van der Waals surface area contributed by atoms with E-state index in [1.807, 2.05) is 30.3 Å². The van der Waals surface area contributed by atoms with Crippen LogP contribution in [0.2, 0.25) is 0 Å². The highest BCUT2D eigenvalue weighted by atomic mass is 16.2. The lowest BCUT2D eigenvalue weighted by Gasteiger charge is -2.07. The second kappa shape index (κ2) is 7.98. The van der Waals surface area contributed by atoms with Crippen LogP contribution in [0.15, 0.2) is 54.6 Å². The van der Waals surface area contributed by atoms with E-state index in [1.165, 1.54) is 0 Å². The molecule has 114 valence electrons. The minimum absolute atomic E-state index is 0.150. The number of anilines is 1. The van der Waals surface area contributed by atoms with Crippen LogP contribution in [0, 0.1) is 0 Å².